The Balaban J connectivity index is 1.49. The fourth-order valence-corrected chi connectivity index (χ4v) is 4.84. The van der Waals surface area contributed by atoms with Gasteiger partial charge in [0.05, 0.1) is 15.8 Å². The van der Waals surface area contributed by atoms with E-state index in [0.717, 1.165) is 60.7 Å². The fraction of sp³-hybridized carbons (Fsp3) is 0.381. The van der Waals surface area contributed by atoms with Crippen LogP contribution in [0.4, 0.5) is 22.7 Å². The maximum Gasteiger partial charge on any atom is 0.419 e. The highest BCUT2D eigenvalue weighted by Crippen LogP contribution is 2.37. The molecule has 1 saturated heterocycles. The van der Waals surface area contributed by atoms with Crippen LogP contribution in [0, 0.1) is 12.7 Å². The molecule has 3 aromatic rings. The Morgan fingerprint density at radius 1 is 1.07 bits per heavy atom. The standard InChI is InChI=1S/C21H21F4N3OS/c1-13-7-14(9-15(29)8-13)12-27-3-2-4-28(6-5-27)20-26-18-11-17(22)16(21(23,24)25)10-19(18)30-20/h7-11,29H,2-6,12H2,1H3. The first-order valence-corrected chi connectivity index (χ1v) is 10.4. The molecule has 0 amide bonds. The Labute approximate surface area is 175 Å². The van der Waals surface area contributed by atoms with Gasteiger partial charge < -0.3 is 10.0 Å². The van der Waals surface area contributed by atoms with Crippen molar-refractivity contribution in [3.8, 4) is 5.75 Å². The molecule has 1 N–H and O–H groups in total. The van der Waals surface area contributed by atoms with Crippen LogP contribution in [0.1, 0.15) is 23.1 Å². The van der Waals surface area contributed by atoms with E-state index in [4.69, 9.17) is 0 Å². The number of halogens is 4. The molecule has 4 rings (SSSR count). The fourth-order valence-electron chi connectivity index (χ4n) is 3.80. The summed E-state index contributed by atoms with van der Waals surface area (Å²) in [5.74, 6) is -1.04. The SMILES string of the molecule is Cc1cc(O)cc(CN2CCCN(c3nc4cc(F)c(C(F)(F)F)cc4s3)CC2)c1. The van der Waals surface area contributed by atoms with Gasteiger partial charge in [-0.1, -0.05) is 17.4 Å². The maximum absolute atomic E-state index is 13.9. The van der Waals surface area contributed by atoms with Gasteiger partial charge in [-0.05, 0) is 42.7 Å². The smallest absolute Gasteiger partial charge is 0.419 e. The zero-order valence-corrected chi connectivity index (χ0v) is 17.2. The summed E-state index contributed by atoms with van der Waals surface area (Å²) in [5.41, 5.74) is 1.03. The Hall–Kier alpha value is -2.39. The second-order valence-electron chi connectivity index (χ2n) is 7.59. The number of hydrogen-bond acceptors (Lipinski definition) is 5. The lowest BCUT2D eigenvalue weighted by atomic mass is 10.1. The first-order valence-electron chi connectivity index (χ1n) is 9.63. The largest absolute Gasteiger partial charge is 0.508 e. The van der Waals surface area contributed by atoms with E-state index < -0.39 is 17.6 Å². The highest BCUT2D eigenvalue weighted by atomic mass is 32.1. The quantitative estimate of drug-likeness (QED) is 0.571. The molecule has 1 aliphatic heterocycles. The lowest BCUT2D eigenvalue weighted by Crippen LogP contribution is -2.30. The van der Waals surface area contributed by atoms with Crippen molar-refractivity contribution in [3.63, 3.8) is 0 Å². The van der Waals surface area contributed by atoms with Crippen LogP contribution in [0.5, 0.6) is 5.75 Å². The minimum absolute atomic E-state index is 0.247. The van der Waals surface area contributed by atoms with Gasteiger partial charge in [-0.3, -0.25) is 4.90 Å². The van der Waals surface area contributed by atoms with E-state index in [0.29, 0.717) is 22.9 Å². The molecule has 1 aromatic heterocycles. The summed E-state index contributed by atoms with van der Waals surface area (Å²) in [6.07, 6.45) is -3.86. The predicted octanol–water partition coefficient (Wildman–Crippen LogP) is 5.18. The van der Waals surface area contributed by atoms with Crippen LogP contribution in [-0.4, -0.2) is 41.2 Å². The number of rotatable bonds is 3. The van der Waals surface area contributed by atoms with E-state index in [1.54, 1.807) is 12.1 Å². The predicted molar refractivity (Wildman–Crippen MR) is 110 cm³/mol. The highest BCUT2D eigenvalue weighted by Gasteiger charge is 2.35. The molecular formula is C21H21F4N3OS. The zero-order valence-electron chi connectivity index (χ0n) is 16.3. The average Bonchev–Trinajstić information content (AvgIpc) is 2.90. The van der Waals surface area contributed by atoms with Crippen molar-refractivity contribution in [2.24, 2.45) is 0 Å². The van der Waals surface area contributed by atoms with E-state index in [1.165, 1.54) is 0 Å². The summed E-state index contributed by atoms with van der Waals surface area (Å²) in [5, 5.41) is 10.4. The van der Waals surface area contributed by atoms with E-state index in [9.17, 15) is 22.7 Å². The molecule has 1 fully saturated rings. The van der Waals surface area contributed by atoms with Gasteiger partial charge in [-0.15, -0.1) is 0 Å². The zero-order chi connectivity index (χ0) is 21.5. The second kappa shape index (κ2) is 8.03. The number of fused-ring (bicyclic) bond motifs is 1. The lowest BCUT2D eigenvalue weighted by Gasteiger charge is -2.21. The number of anilines is 1. The minimum atomic E-state index is -4.73. The molecule has 160 valence electrons. The van der Waals surface area contributed by atoms with E-state index in [-0.39, 0.29) is 11.3 Å². The maximum atomic E-state index is 13.9. The molecule has 0 radical (unpaired) electrons. The third-order valence-electron chi connectivity index (χ3n) is 5.16. The Morgan fingerprint density at radius 3 is 2.60 bits per heavy atom. The van der Waals surface area contributed by atoms with Crippen molar-refractivity contribution >= 4 is 26.7 Å². The number of aryl methyl sites for hydroxylation is 1. The Morgan fingerprint density at radius 2 is 1.87 bits per heavy atom. The van der Waals surface area contributed by atoms with E-state index in [2.05, 4.69) is 9.88 Å². The second-order valence-corrected chi connectivity index (χ2v) is 8.60. The van der Waals surface area contributed by atoms with Gasteiger partial charge in [0, 0.05) is 38.8 Å². The molecule has 2 heterocycles. The first kappa shape index (κ1) is 20.9. The minimum Gasteiger partial charge on any atom is -0.508 e. The van der Waals surface area contributed by atoms with E-state index in [1.807, 2.05) is 17.9 Å². The summed E-state index contributed by atoms with van der Waals surface area (Å²) < 4.78 is 53.1. The van der Waals surface area contributed by atoms with Crippen LogP contribution in [-0.2, 0) is 12.7 Å². The molecule has 0 aliphatic carbocycles. The Kier molecular flexibility index (Phi) is 5.59. The third kappa shape index (κ3) is 4.52. The van der Waals surface area contributed by atoms with Crippen molar-refractivity contribution in [2.75, 3.05) is 31.1 Å². The van der Waals surface area contributed by atoms with Crippen LogP contribution < -0.4 is 4.90 Å². The number of nitrogens with zero attached hydrogens (tertiary/aromatic N) is 3. The van der Waals surface area contributed by atoms with Gasteiger partial charge >= 0.3 is 6.18 Å². The molecular weight excluding hydrogens is 418 g/mol. The number of aromatic hydroxyl groups is 1. The number of hydrogen-bond donors (Lipinski definition) is 1. The molecule has 0 spiro atoms. The van der Waals surface area contributed by atoms with Crippen LogP contribution >= 0.6 is 11.3 Å². The van der Waals surface area contributed by atoms with Gasteiger partial charge in [0.2, 0.25) is 0 Å². The highest BCUT2D eigenvalue weighted by molar-refractivity contribution is 7.22. The van der Waals surface area contributed by atoms with Gasteiger partial charge in [0.15, 0.2) is 5.13 Å². The Bertz CT molecular complexity index is 1050. The van der Waals surface area contributed by atoms with Crippen molar-refractivity contribution in [1.29, 1.82) is 0 Å². The number of alkyl halides is 3. The molecule has 4 nitrogen and oxygen atoms in total. The molecule has 2 aromatic carbocycles. The number of phenols is 1. The van der Waals surface area contributed by atoms with Crippen LogP contribution in [0.15, 0.2) is 30.3 Å². The monoisotopic (exact) mass is 439 g/mol. The summed E-state index contributed by atoms with van der Waals surface area (Å²) in [6.45, 7) is 5.67. The first-order chi connectivity index (χ1) is 14.2. The van der Waals surface area contributed by atoms with Crippen LogP contribution in [0.3, 0.4) is 0 Å². The topological polar surface area (TPSA) is 39.6 Å². The molecule has 1 aliphatic rings. The average molecular weight is 439 g/mol. The molecule has 0 saturated carbocycles. The normalized spacial score (nSPS) is 16.2. The van der Waals surface area contributed by atoms with Gasteiger partial charge in [0.1, 0.15) is 11.6 Å². The summed E-state index contributed by atoms with van der Waals surface area (Å²) in [4.78, 5) is 8.71. The molecule has 0 bridgehead atoms. The van der Waals surface area contributed by atoms with E-state index >= 15 is 0 Å². The molecule has 0 unspecified atom stereocenters. The molecule has 30 heavy (non-hydrogen) atoms. The number of aromatic nitrogens is 1. The molecule has 0 atom stereocenters. The van der Waals surface area contributed by atoms with Gasteiger partial charge in [-0.2, -0.15) is 13.2 Å². The summed E-state index contributed by atoms with van der Waals surface area (Å²) >= 11 is 1.16. The van der Waals surface area contributed by atoms with Gasteiger partial charge in [-0.25, -0.2) is 9.37 Å². The summed E-state index contributed by atoms with van der Waals surface area (Å²) in [6, 6.07) is 7.24. The number of benzene rings is 2. The number of thiazole rings is 1. The molecule has 9 heteroatoms. The van der Waals surface area contributed by atoms with Crippen molar-refractivity contribution in [3.05, 3.63) is 52.8 Å². The van der Waals surface area contributed by atoms with Gasteiger partial charge in [0.25, 0.3) is 0 Å². The lowest BCUT2D eigenvalue weighted by molar-refractivity contribution is -0.139. The van der Waals surface area contributed by atoms with Crippen molar-refractivity contribution in [2.45, 2.75) is 26.1 Å². The van der Waals surface area contributed by atoms with Crippen molar-refractivity contribution in [1.82, 2.24) is 9.88 Å². The number of phenolic OH excluding ortho intramolecular Hbond substituents is 1. The summed E-state index contributed by atoms with van der Waals surface area (Å²) in [7, 11) is 0. The van der Waals surface area contributed by atoms with Crippen molar-refractivity contribution < 1.29 is 22.7 Å². The van der Waals surface area contributed by atoms with Crippen LogP contribution in [0.25, 0.3) is 10.2 Å². The third-order valence-corrected chi connectivity index (χ3v) is 6.24. The van der Waals surface area contributed by atoms with Crippen LogP contribution in [0.2, 0.25) is 0 Å².